The van der Waals surface area contributed by atoms with Crippen LogP contribution in [0.2, 0.25) is 5.02 Å². The normalized spacial score (nSPS) is 11.6. The number of hydrogen-bond donors (Lipinski definition) is 3. The Hall–Kier alpha value is -3.97. The van der Waals surface area contributed by atoms with Crippen molar-refractivity contribution in [1.29, 1.82) is 0 Å². The number of methoxy groups -OCH3 is 2. The fraction of sp³-hybridized carbons (Fsp3) is 0.185. The van der Waals surface area contributed by atoms with E-state index in [9.17, 15) is 9.59 Å². The summed E-state index contributed by atoms with van der Waals surface area (Å²) >= 11 is 6.21. The Bertz CT molecular complexity index is 1350. The highest BCUT2D eigenvalue weighted by Crippen LogP contribution is 2.27. The van der Waals surface area contributed by atoms with E-state index >= 15 is 0 Å². The molecule has 0 bridgehead atoms. The summed E-state index contributed by atoms with van der Waals surface area (Å²) in [5, 5.41) is 7.10. The van der Waals surface area contributed by atoms with E-state index in [0.717, 1.165) is 22.0 Å². The SMILES string of the molecule is COc1ccc(CNC(=O)[C@H](Cc2c[nH]c3ccccc23)NC(=O)c2ccccc2Cl)cc1OC. The van der Waals surface area contributed by atoms with E-state index in [1.807, 2.05) is 36.5 Å². The van der Waals surface area contributed by atoms with E-state index in [2.05, 4.69) is 15.6 Å². The van der Waals surface area contributed by atoms with Gasteiger partial charge in [-0.2, -0.15) is 0 Å². The first-order chi connectivity index (χ1) is 17.0. The molecule has 8 heteroatoms. The maximum atomic E-state index is 13.3. The molecule has 0 saturated heterocycles. The number of carbonyl (C=O) groups is 2. The summed E-state index contributed by atoms with van der Waals surface area (Å²) in [4.78, 5) is 29.5. The van der Waals surface area contributed by atoms with Gasteiger partial charge in [0.25, 0.3) is 5.91 Å². The number of hydrogen-bond acceptors (Lipinski definition) is 4. The minimum Gasteiger partial charge on any atom is -0.493 e. The number of ether oxygens (including phenoxy) is 2. The Balaban J connectivity index is 1.55. The summed E-state index contributed by atoms with van der Waals surface area (Å²) in [5.41, 5.74) is 3.03. The van der Waals surface area contributed by atoms with Gasteiger partial charge in [-0.25, -0.2) is 0 Å². The zero-order chi connectivity index (χ0) is 24.8. The third-order valence-corrected chi connectivity index (χ3v) is 6.08. The van der Waals surface area contributed by atoms with Crippen LogP contribution in [-0.4, -0.2) is 37.1 Å². The van der Waals surface area contributed by atoms with Crippen molar-refractivity contribution >= 4 is 34.3 Å². The van der Waals surface area contributed by atoms with Gasteiger partial charge in [0.05, 0.1) is 24.8 Å². The predicted molar refractivity (Wildman–Crippen MR) is 136 cm³/mol. The molecule has 0 aliphatic heterocycles. The Morgan fingerprint density at radius 2 is 1.71 bits per heavy atom. The van der Waals surface area contributed by atoms with Gasteiger partial charge in [0.15, 0.2) is 11.5 Å². The number of H-pyrrole nitrogens is 1. The highest BCUT2D eigenvalue weighted by Gasteiger charge is 2.24. The average Bonchev–Trinajstić information content (AvgIpc) is 3.29. The van der Waals surface area contributed by atoms with Gasteiger partial charge in [0.1, 0.15) is 6.04 Å². The second kappa shape index (κ2) is 11.0. The molecular formula is C27H26ClN3O4. The smallest absolute Gasteiger partial charge is 0.253 e. The van der Waals surface area contributed by atoms with Gasteiger partial charge in [-0.3, -0.25) is 9.59 Å². The van der Waals surface area contributed by atoms with Crippen molar-refractivity contribution in [2.75, 3.05) is 14.2 Å². The van der Waals surface area contributed by atoms with E-state index in [0.29, 0.717) is 28.5 Å². The summed E-state index contributed by atoms with van der Waals surface area (Å²) in [7, 11) is 3.12. The molecule has 0 spiro atoms. The molecule has 1 aromatic heterocycles. The van der Waals surface area contributed by atoms with Gasteiger partial charge in [0, 0.05) is 30.1 Å². The zero-order valence-corrected chi connectivity index (χ0v) is 20.2. The fourth-order valence-electron chi connectivity index (χ4n) is 3.91. The number of amides is 2. The fourth-order valence-corrected chi connectivity index (χ4v) is 4.14. The molecule has 4 aromatic rings. The summed E-state index contributed by atoms with van der Waals surface area (Å²) in [6.45, 7) is 0.255. The molecule has 3 N–H and O–H groups in total. The number of para-hydroxylation sites is 1. The molecule has 180 valence electrons. The predicted octanol–water partition coefficient (Wildman–Crippen LogP) is 4.50. The first kappa shape index (κ1) is 24.2. The Kier molecular flexibility index (Phi) is 7.57. The van der Waals surface area contributed by atoms with Crippen LogP contribution in [0, 0.1) is 0 Å². The third-order valence-electron chi connectivity index (χ3n) is 5.75. The second-order valence-electron chi connectivity index (χ2n) is 7.98. The molecule has 0 aliphatic carbocycles. The Labute approximate surface area is 208 Å². The lowest BCUT2D eigenvalue weighted by Gasteiger charge is -2.19. The Morgan fingerprint density at radius 1 is 0.971 bits per heavy atom. The molecule has 0 saturated carbocycles. The monoisotopic (exact) mass is 491 g/mol. The van der Waals surface area contributed by atoms with Crippen LogP contribution in [0.25, 0.3) is 10.9 Å². The van der Waals surface area contributed by atoms with Gasteiger partial charge in [-0.05, 0) is 41.5 Å². The molecule has 0 radical (unpaired) electrons. The van der Waals surface area contributed by atoms with E-state index in [1.165, 1.54) is 0 Å². The molecule has 0 aliphatic rings. The van der Waals surface area contributed by atoms with E-state index in [1.54, 1.807) is 50.6 Å². The van der Waals surface area contributed by atoms with Crippen molar-refractivity contribution in [2.45, 2.75) is 19.0 Å². The number of aromatic nitrogens is 1. The molecule has 2 amide bonds. The number of carbonyl (C=O) groups excluding carboxylic acids is 2. The molecule has 0 fully saturated rings. The second-order valence-corrected chi connectivity index (χ2v) is 8.38. The van der Waals surface area contributed by atoms with Crippen LogP contribution in [-0.2, 0) is 17.8 Å². The van der Waals surface area contributed by atoms with E-state index in [-0.39, 0.29) is 12.5 Å². The molecule has 35 heavy (non-hydrogen) atoms. The number of benzene rings is 3. The molecule has 1 atom stereocenters. The van der Waals surface area contributed by atoms with E-state index < -0.39 is 11.9 Å². The summed E-state index contributed by atoms with van der Waals surface area (Å²) in [6.07, 6.45) is 2.17. The van der Waals surface area contributed by atoms with Crippen LogP contribution in [0.15, 0.2) is 72.9 Å². The quantitative estimate of drug-likeness (QED) is 0.321. The zero-order valence-electron chi connectivity index (χ0n) is 19.4. The highest BCUT2D eigenvalue weighted by atomic mass is 35.5. The van der Waals surface area contributed by atoms with Crippen molar-refractivity contribution in [1.82, 2.24) is 15.6 Å². The lowest BCUT2D eigenvalue weighted by atomic mass is 10.0. The van der Waals surface area contributed by atoms with Crippen molar-refractivity contribution in [3.8, 4) is 11.5 Å². The number of nitrogens with one attached hydrogen (secondary N) is 3. The Morgan fingerprint density at radius 3 is 2.49 bits per heavy atom. The van der Waals surface area contributed by atoms with Crippen molar-refractivity contribution in [3.05, 3.63) is 94.6 Å². The van der Waals surface area contributed by atoms with Gasteiger partial charge in [0.2, 0.25) is 5.91 Å². The van der Waals surface area contributed by atoms with Gasteiger partial charge in [-0.1, -0.05) is 48.0 Å². The first-order valence-electron chi connectivity index (χ1n) is 11.1. The largest absolute Gasteiger partial charge is 0.493 e. The van der Waals surface area contributed by atoms with Crippen LogP contribution in [0.3, 0.4) is 0 Å². The topological polar surface area (TPSA) is 92.5 Å². The van der Waals surface area contributed by atoms with Gasteiger partial charge < -0.3 is 25.1 Å². The maximum Gasteiger partial charge on any atom is 0.253 e. The lowest BCUT2D eigenvalue weighted by molar-refractivity contribution is -0.123. The van der Waals surface area contributed by atoms with Crippen molar-refractivity contribution < 1.29 is 19.1 Å². The summed E-state index contributed by atoms with van der Waals surface area (Å²) in [5.74, 6) is 0.445. The first-order valence-corrected chi connectivity index (χ1v) is 11.5. The van der Waals surface area contributed by atoms with E-state index in [4.69, 9.17) is 21.1 Å². The molecule has 7 nitrogen and oxygen atoms in total. The summed E-state index contributed by atoms with van der Waals surface area (Å²) < 4.78 is 10.6. The lowest BCUT2D eigenvalue weighted by Crippen LogP contribution is -2.47. The minimum absolute atomic E-state index is 0.255. The van der Waals surface area contributed by atoms with Crippen LogP contribution in [0.5, 0.6) is 11.5 Å². The number of rotatable bonds is 9. The minimum atomic E-state index is -0.821. The van der Waals surface area contributed by atoms with Crippen LogP contribution >= 0.6 is 11.6 Å². The number of fused-ring (bicyclic) bond motifs is 1. The van der Waals surface area contributed by atoms with Crippen molar-refractivity contribution in [3.63, 3.8) is 0 Å². The molecule has 0 unspecified atom stereocenters. The standard InChI is InChI=1S/C27H26ClN3O4/c1-34-24-12-11-17(13-25(24)35-2)15-30-27(33)23(31-26(32)20-8-3-5-9-21(20)28)14-18-16-29-22-10-6-4-7-19(18)22/h3-13,16,23,29H,14-15H2,1-2H3,(H,30,33)(H,31,32)/t23-/m0/s1. The maximum absolute atomic E-state index is 13.3. The van der Waals surface area contributed by atoms with Crippen LogP contribution in [0.1, 0.15) is 21.5 Å². The highest BCUT2D eigenvalue weighted by molar-refractivity contribution is 6.33. The van der Waals surface area contributed by atoms with Crippen LogP contribution < -0.4 is 20.1 Å². The average molecular weight is 492 g/mol. The van der Waals surface area contributed by atoms with Gasteiger partial charge >= 0.3 is 0 Å². The molecule has 3 aromatic carbocycles. The number of halogens is 1. The summed E-state index contributed by atoms with van der Waals surface area (Å²) in [6, 6.07) is 19.2. The van der Waals surface area contributed by atoms with Crippen molar-refractivity contribution in [2.24, 2.45) is 0 Å². The molecule has 4 rings (SSSR count). The number of aromatic amines is 1. The third kappa shape index (κ3) is 5.58. The molecular weight excluding hydrogens is 466 g/mol. The van der Waals surface area contributed by atoms with Gasteiger partial charge in [-0.15, -0.1) is 0 Å². The molecule has 1 heterocycles. The van der Waals surface area contributed by atoms with Crippen LogP contribution in [0.4, 0.5) is 0 Å².